The zero-order valence-electron chi connectivity index (χ0n) is 23.7. The van der Waals surface area contributed by atoms with E-state index in [1.807, 2.05) is 37.4 Å². The van der Waals surface area contributed by atoms with Crippen molar-refractivity contribution < 1.29 is 12.6 Å². The Morgan fingerprint density at radius 1 is 0.930 bits per heavy atom. The number of fused-ring (bicyclic) bond motifs is 2. The monoisotopic (exact) mass is 589 g/mol. The third-order valence-electron chi connectivity index (χ3n) is 8.32. The summed E-state index contributed by atoms with van der Waals surface area (Å²) in [6, 6.07) is 27.2. The Hall–Kier alpha value is -4.60. The molecule has 2 N–H and O–H groups in total. The molecule has 1 aliphatic carbocycles. The van der Waals surface area contributed by atoms with Crippen LogP contribution in [0, 0.1) is 12.8 Å². The van der Waals surface area contributed by atoms with Crippen molar-refractivity contribution in [2.24, 2.45) is 5.92 Å². The third kappa shape index (κ3) is 5.26. The first-order valence-electron chi connectivity index (χ1n) is 14.4. The van der Waals surface area contributed by atoms with E-state index in [1.54, 1.807) is 30.5 Å². The van der Waals surface area contributed by atoms with E-state index in [0.29, 0.717) is 18.2 Å². The summed E-state index contributed by atoms with van der Waals surface area (Å²) >= 11 is 0. The van der Waals surface area contributed by atoms with Crippen LogP contribution >= 0.6 is 0 Å². The van der Waals surface area contributed by atoms with Crippen molar-refractivity contribution in [3.05, 3.63) is 109 Å². The number of imidazole rings is 1. The SMILES string of the molecule is Cc1ccc(S(=O)(=O)OCCC2CC(c3nc(-c4ccc5ccc(-c6ccccc6)nc5c4)c4c(N)nccn34)C2)cc1. The van der Waals surface area contributed by atoms with Gasteiger partial charge in [-0.1, -0.05) is 66.2 Å². The summed E-state index contributed by atoms with van der Waals surface area (Å²) in [5.41, 5.74) is 12.8. The highest BCUT2D eigenvalue weighted by molar-refractivity contribution is 7.86. The van der Waals surface area contributed by atoms with E-state index >= 15 is 0 Å². The molecule has 9 heteroatoms. The minimum atomic E-state index is -3.76. The van der Waals surface area contributed by atoms with Crippen molar-refractivity contribution in [2.75, 3.05) is 12.3 Å². The maximum absolute atomic E-state index is 12.5. The topological polar surface area (TPSA) is 112 Å². The normalized spacial score (nSPS) is 16.9. The zero-order valence-corrected chi connectivity index (χ0v) is 24.5. The lowest BCUT2D eigenvalue weighted by molar-refractivity contribution is 0.195. The van der Waals surface area contributed by atoms with Gasteiger partial charge in [-0.25, -0.2) is 15.0 Å². The van der Waals surface area contributed by atoms with Gasteiger partial charge in [0.15, 0.2) is 0 Å². The van der Waals surface area contributed by atoms with E-state index in [2.05, 4.69) is 45.8 Å². The number of anilines is 1. The summed E-state index contributed by atoms with van der Waals surface area (Å²) in [6.07, 6.45) is 6.07. The summed E-state index contributed by atoms with van der Waals surface area (Å²) < 4.78 is 32.5. The molecule has 1 aliphatic rings. The zero-order chi connectivity index (χ0) is 29.6. The molecule has 0 saturated heterocycles. The maximum Gasteiger partial charge on any atom is 0.296 e. The van der Waals surface area contributed by atoms with Gasteiger partial charge >= 0.3 is 0 Å². The molecule has 3 aromatic carbocycles. The third-order valence-corrected chi connectivity index (χ3v) is 9.65. The van der Waals surface area contributed by atoms with Crippen molar-refractivity contribution in [3.8, 4) is 22.5 Å². The van der Waals surface area contributed by atoms with Crippen molar-refractivity contribution in [3.63, 3.8) is 0 Å². The Balaban J connectivity index is 1.11. The fraction of sp³-hybridized carbons (Fsp3) is 0.206. The van der Waals surface area contributed by atoms with Crippen LogP contribution in [0.1, 0.15) is 36.6 Å². The van der Waals surface area contributed by atoms with Crippen molar-refractivity contribution in [1.29, 1.82) is 0 Å². The van der Waals surface area contributed by atoms with Gasteiger partial charge in [-0.3, -0.25) is 8.58 Å². The molecule has 0 spiro atoms. The van der Waals surface area contributed by atoms with Crippen LogP contribution in [0.15, 0.2) is 102 Å². The second kappa shape index (κ2) is 10.9. The second-order valence-corrected chi connectivity index (χ2v) is 12.8. The minimum Gasteiger partial charge on any atom is -0.382 e. The molecule has 8 nitrogen and oxygen atoms in total. The molecule has 7 rings (SSSR count). The van der Waals surface area contributed by atoms with Gasteiger partial charge in [0.1, 0.15) is 22.9 Å². The molecule has 1 saturated carbocycles. The Morgan fingerprint density at radius 3 is 2.49 bits per heavy atom. The molecular formula is C34H31N5O3S. The first-order chi connectivity index (χ1) is 20.9. The predicted molar refractivity (Wildman–Crippen MR) is 168 cm³/mol. The molecule has 0 radical (unpaired) electrons. The molecule has 0 atom stereocenters. The number of nitrogens with zero attached hydrogens (tertiary/aromatic N) is 4. The molecule has 216 valence electrons. The highest BCUT2D eigenvalue weighted by atomic mass is 32.2. The number of aryl methyl sites for hydroxylation is 1. The number of nitrogen functional groups attached to an aromatic ring is 1. The molecule has 0 aliphatic heterocycles. The van der Waals surface area contributed by atoms with E-state index in [-0.39, 0.29) is 17.4 Å². The molecular weight excluding hydrogens is 558 g/mol. The molecule has 6 aromatic rings. The van der Waals surface area contributed by atoms with E-state index in [0.717, 1.165) is 63.2 Å². The molecule has 43 heavy (non-hydrogen) atoms. The highest BCUT2D eigenvalue weighted by Gasteiger charge is 2.34. The van der Waals surface area contributed by atoms with Crippen LogP contribution in [-0.4, -0.2) is 34.4 Å². The van der Waals surface area contributed by atoms with E-state index in [1.165, 1.54) is 0 Å². The number of aromatic nitrogens is 4. The van der Waals surface area contributed by atoms with Crippen LogP contribution in [0.2, 0.25) is 0 Å². The number of benzene rings is 3. The quantitative estimate of drug-likeness (QED) is 0.195. The van der Waals surface area contributed by atoms with E-state index in [9.17, 15) is 8.42 Å². The second-order valence-electron chi connectivity index (χ2n) is 11.2. The highest BCUT2D eigenvalue weighted by Crippen LogP contribution is 2.44. The van der Waals surface area contributed by atoms with Gasteiger partial charge in [0, 0.05) is 34.8 Å². The lowest BCUT2D eigenvalue weighted by Gasteiger charge is -2.34. The van der Waals surface area contributed by atoms with Crippen LogP contribution in [0.3, 0.4) is 0 Å². The van der Waals surface area contributed by atoms with Gasteiger partial charge in [0.25, 0.3) is 10.1 Å². The average Bonchev–Trinajstić information content (AvgIpc) is 3.39. The maximum atomic E-state index is 12.5. The van der Waals surface area contributed by atoms with Gasteiger partial charge in [-0.05, 0) is 56.4 Å². The smallest absolute Gasteiger partial charge is 0.296 e. The molecule has 1 fully saturated rings. The first kappa shape index (κ1) is 27.2. The van der Waals surface area contributed by atoms with E-state index < -0.39 is 10.1 Å². The van der Waals surface area contributed by atoms with Crippen LogP contribution in [-0.2, 0) is 14.3 Å². The van der Waals surface area contributed by atoms with Crippen molar-refractivity contribution in [2.45, 2.75) is 37.0 Å². The predicted octanol–water partition coefficient (Wildman–Crippen LogP) is 6.79. The summed E-state index contributed by atoms with van der Waals surface area (Å²) in [7, 11) is -3.76. The van der Waals surface area contributed by atoms with Crippen molar-refractivity contribution in [1.82, 2.24) is 19.4 Å². The molecule has 3 aromatic heterocycles. The van der Waals surface area contributed by atoms with Crippen LogP contribution in [0.4, 0.5) is 5.82 Å². The van der Waals surface area contributed by atoms with Crippen LogP contribution in [0.5, 0.6) is 0 Å². The fourth-order valence-electron chi connectivity index (χ4n) is 5.89. The van der Waals surface area contributed by atoms with Gasteiger partial charge in [-0.2, -0.15) is 8.42 Å². The first-order valence-corrected chi connectivity index (χ1v) is 15.8. The number of pyridine rings is 1. The van der Waals surface area contributed by atoms with Gasteiger partial charge in [0.05, 0.1) is 22.7 Å². The lowest BCUT2D eigenvalue weighted by Crippen LogP contribution is -2.25. The molecule has 0 amide bonds. The van der Waals surface area contributed by atoms with Gasteiger partial charge in [-0.15, -0.1) is 0 Å². The number of nitrogens with two attached hydrogens (primary N) is 1. The van der Waals surface area contributed by atoms with E-state index in [4.69, 9.17) is 19.9 Å². The summed E-state index contributed by atoms with van der Waals surface area (Å²) in [5, 5.41) is 1.05. The van der Waals surface area contributed by atoms with Crippen LogP contribution < -0.4 is 5.73 Å². The molecule has 0 bridgehead atoms. The Labute approximate surface area is 250 Å². The summed E-state index contributed by atoms with van der Waals surface area (Å²) in [4.78, 5) is 14.6. The van der Waals surface area contributed by atoms with Gasteiger partial charge in [0.2, 0.25) is 0 Å². The standard InChI is InChI=1S/C34H31N5O3S/c1-22-7-12-28(13-8-22)43(40,41)42-18-15-23-19-27(20-23)34-38-31(32-33(35)36-16-17-39(32)34)26-10-9-25-11-14-29(37-30(25)21-26)24-5-3-2-4-6-24/h2-14,16-17,21,23,27H,15,18-20H2,1H3,(H2,35,36). The van der Waals surface area contributed by atoms with Crippen LogP contribution in [0.25, 0.3) is 38.9 Å². The van der Waals surface area contributed by atoms with Gasteiger partial charge < -0.3 is 5.73 Å². The summed E-state index contributed by atoms with van der Waals surface area (Å²) in [5.74, 6) is 1.95. The Bertz CT molecular complexity index is 2050. The van der Waals surface area contributed by atoms with Crippen molar-refractivity contribution >= 4 is 32.4 Å². The average molecular weight is 590 g/mol. The largest absolute Gasteiger partial charge is 0.382 e. The molecule has 3 heterocycles. The summed E-state index contributed by atoms with van der Waals surface area (Å²) in [6.45, 7) is 2.08. The number of rotatable bonds is 8. The Morgan fingerprint density at radius 2 is 1.70 bits per heavy atom. The number of hydrogen-bond donors (Lipinski definition) is 1. The number of hydrogen-bond acceptors (Lipinski definition) is 7. The molecule has 0 unspecified atom stereocenters. The fourth-order valence-corrected chi connectivity index (χ4v) is 6.81. The minimum absolute atomic E-state index is 0.160. The Kier molecular flexibility index (Phi) is 6.91. The lowest BCUT2D eigenvalue weighted by atomic mass is 9.73.